The number of benzene rings is 1. The number of likely N-dealkylation sites (tertiary alicyclic amines) is 2. The minimum absolute atomic E-state index is 0.132. The van der Waals surface area contributed by atoms with Crippen molar-refractivity contribution in [2.24, 2.45) is 17.6 Å². The van der Waals surface area contributed by atoms with E-state index >= 15 is 0 Å². The highest BCUT2D eigenvalue weighted by atomic mass is 16.6. The smallest absolute Gasteiger partial charge is 0.415 e. The monoisotopic (exact) mass is 627 g/mol. The number of aliphatic carboxylic acids is 1. The number of methoxy groups -OCH3 is 1. The number of unbranched alkanes of at least 4 members (excludes halogenated alkanes) is 1. The first kappa shape index (κ1) is 33.0. The molecule has 0 radical (unpaired) electrons. The summed E-state index contributed by atoms with van der Waals surface area (Å²) in [5.41, 5.74) is 7.21. The molecule has 2 heterocycles. The summed E-state index contributed by atoms with van der Waals surface area (Å²) < 4.78 is 11.6. The number of piperidine rings is 2. The zero-order valence-electron chi connectivity index (χ0n) is 26.7. The molecule has 1 aromatic rings. The topological polar surface area (TPSA) is 167 Å². The van der Waals surface area contributed by atoms with E-state index < -0.39 is 35.5 Å². The lowest BCUT2D eigenvalue weighted by atomic mass is 9.53. The Morgan fingerprint density at radius 1 is 1.22 bits per heavy atom. The molecule has 2 saturated heterocycles. The van der Waals surface area contributed by atoms with Crippen molar-refractivity contribution in [1.82, 2.24) is 20.4 Å². The number of ether oxygens (including phenoxy) is 2. The molecule has 6 N–H and O–H groups in total. The molecular formula is C33H49N5O7. The highest BCUT2D eigenvalue weighted by Gasteiger charge is 2.55. The summed E-state index contributed by atoms with van der Waals surface area (Å²) in [6.07, 6.45) is 7.10. The van der Waals surface area contributed by atoms with Crippen LogP contribution in [-0.4, -0.2) is 103 Å². The van der Waals surface area contributed by atoms with Gasteiger partial charge in [-0.25, -0.2) is 4.79 Å². The van der Waals surface area contributed by atoms with Crippen LogP contribution in [0.5, 0.6) is 11.5 Å². The number of carboxylic acids is 1. The van der Waals surface area contributed by atoms with Gasteiger partial charge in [-0.1, -0.05) is 12.5 Å². The SMILES string of the molecule is CNC(CCCCN)C(=O)NCC1CC(C(=O)O)CCN1C(=O)OC1=CCC2C3Cc4ccc(OC)c(O)c4C2(CCN3C)C1. The van der Waals surface area contributed by atoms with Crippen molar-refractivity contribution < 1.29 is 34.1 Å². The zero-order chi connectivity index (χ0) is 32.3. The average molecular weight is 628 g/mol. The van der Waals surface area contributed by atoms with E-state index in [1.807, 2.05) is 18.2 Å². The third-order valence-electron chi connectivity index (χ3n) is 10.8. The number of aromatic hydroxyl groups is 1. The lowest BCUT2D eigenvalue weighted by Gasteiger charge is -2.57. The lowest BCUT2D eigenvalue weighted by molar-refractivity contribution is -0.143. The van der Waals surface area contributed by atoms with Gasteiger partial charge in [0.05, 0.1) is 25.1 Å². The number of carbonyl (C=O) groups excluding carboxylic acids is 2. The van der Waals surface area contributed by atoms with Gasteiger partial charge in [-0.3, -0.25) is 9.59 Å². The van der Waals surface area contributed by atoms with Crippen molar-refractivity contribution in [2.75, 3.05) is 47.4 Å². The van der Waals surface area contributed by atoms with Crippen molar-refractivity contribution in [1.29, 1.82) is 0 Å². The van der Waals surface area contributed by atoms with Gasteiger partial charge in [-0.2, -0.15) is 0 Å². The van der Waals surface area contributed by atoms with E-state index in [2.05, 4.69) is 22.6 Å². The van der Waals surface area contributed by atoms with Crippen LogP contribution in [-0.2, 0) is 26.2 Å². The number of amides is 2. The van der Waals surface area contributed by atoms with E-state index in [0.29, 0.717) is 49.8 Å². The standard InChI is InChI=1S/C33H49N5O7/c1-35-25(6-4-5-13-34)30(40)36-19-22-16-21(31(41)42)11-14-38(22)32(43)45-23-8-9-24-26-17-20-7-10-27(44-3)29(39)28(20)33(24,18-23)12-15-37(26)2/h7-8,10,21-22,24-26,35,39H,4-6,9,11-19,34H2,1-3H3,(H,36,40)(H,41,42). The van der Waals surface area contributed by atoms with Crippen molar-refractivity contribution in [2.45, 2.75) is 81.3 Å². The van der Waals surface area contributed by atoms with E-state index in [1.165, 1.54) is 0 Å². The number of nitrogens with zero attached hydrogens (tertiary/aromatic N) is 2. The average Bonchev–Trinajstić information content (AvgIpc) is 3.03. The normalized spacial score (nSPS) is 28.3. The molecule has 6 atom stereocenters. The second-order valence-corrected chi connectivity index (χ2v) is 13.1. The Balaban J connectivity index is 1.33. The van der Waals surface area contributed by atoms with Crippen LogP contribution in [0.3, 0.4) is 0 Å². The fourth-order valence-electron chi connectivity index (χ4n) is 8.27. The number of carbonyl (C=O) groups is 3. The number of likely N-dealkylation sites (N-methyl/N-ethyl adjacent to an activating group) is 2. The van der Waals surface area contributed by atoms with Gasteiger partial charge in [0, 0.05) is 36.5 Å². The van der Waals surface area contributed by atoms with Gasteiger partial charge in [0.15, 0.2) is 11.5 Å². The molecule has 0 aromatic heterocycles. The van der Waals surface area contributed by atoms with Crippen LogP contribution in [0, 0.1) is 11.8 Å². The molecule has 2 aliphatic heterocycles. The molecule has 0 saturated carbocycles. The molecule has 0 spiro atoms. The maximum Gasteiger partial charge on any atom is 0.415 e. The number of nitrogens with two attached hydrogens (primary N) is 1. The van der Waals surface area contributed by atoms with Crippen LogP contribution in [0.25, 0.3) is 0 Å². The van der Waals surface area contributed by atoms with E-state index in [9.17, 15) is 24.6 Å². The summed E-state index contributed by atoms with van der Waals surface area (Å²) in [6.45, 7) is 1.78. The Labute approximate surface area is 265 Å². The number of carboxylic acid groups (broad SMARTS) is 1. The number of allylic oxidation sites excluding steroid dienone is 2. The van der Waals surface area contributed by atoms with E-state index in [0.717, 1.165) is 43.4 Å². The molecule has 1 aromatic carbocycles. The van der Waals surface area contributed by atoms with Gasteiger partial charge < -0.3 is 45.9 Å². The van der Waals surface area contributed by atoms with Gasteiger partial charge >= 0.3 is 12.1 Å². The summed E-state index contributed by atoms with van der Waals surface area (Å²) in [5, 5.41) is 27.1. The molecular weight excluding hydrogens is 578 g/mol. The molecule has 2 amide bonds. The first-order valence-corrected chi connectivity index (χ1v) is 16.3. The summed E-state index contributed by atoms with van der Waals surface area (Å²) >= 11 is 0. The maximum absolute atomic E-state index is 13.8. The summed E-state index contributed by atoms with van der Waals surface area (Å²) in [5.74, 6) is -0.275. The van der Waals surface area contributed by atoms with Crippen molar-refractivity contribution in [3.63, 3.8) is 0 Å². The van der Waals surface area contributed by atoms with Crippen LogP contribution in [0.15, 0.2) is 24.0 Å². The van der Waals surface area contributed by atoms with Gasteiger partial charge in [0.1, 0.15) is 5.76 Å². The quantitative estimate of drug-likeness (QED) is 0.230. The molecule has 2 aliphatic carbocycles. The Bertz CT molecular complexity index is 1300. The fourth-order valence-corrected chi connectivity index (χ4v) is 8.27. The van der Waals surface area contributed by atoms with Crippen molar-refractivity contribution in [3.05, 3.63) is 35.1 Å². The number of fused-ring (bicyclic) bond motifs is 1. The van der Waals surface area contributed by atoms with Crippen LogP contribution in [0.4, 0.5) is 4.79 Å². The van der Waals surface area contributed by atoms with E-state index in [-0.39, 0.29) is 37.1 Å². The first-order valence-electron chi connectivity index (χ1n) is 16.3. The number of phenolic OH excluding ortho intramolecular Hbond substituents is 1. The fraction of sp³-hybridized carbons (Fsp3) is 0.667. The lowest BCUT2D eigenvalue weighted by Crippen LogP contribution is -2.60. The Kier molecular flexibility index (Phi) is 10.2. The number of hydrogen-bond acceptors (Lipinski definition) is 9. The summed E-state index contributed by atoms with van der Waals surface area (Å²) in [4.78, 5) is 42.6. The van der Waals surface area contributed by atoms with Crippen molar-refractivity contribution >= 4 is 18.0 Å². The Hall–Kier alpha value is -3.35. The highest BCUT2D eigenvalue weighted by Crippen LogP contribution is 2.59. The third-order valence-corrected chi connectivity index (χ3v) is 10.8. The highest BCUT2D eigenvalue weighted by molar-refractivity contribution is 5.82. The Morgan fingerprint density at radius 2 is 2.02 bits per heavy atom. The molecule has 45 heavy (non-hydrogen) atoms. The molecule has 5 rings (SSSR count). The number of phenols is 1. The maximum atomic E-state index is 13.8. The second-order valence-electron chi connectivity index (χ2n) is 13.1. The van der Waals surface area contributed by atoms with Gasteiger partial charge in [0.25, 0.3) is 0 Å². The summed E-state index contributed by atoms with van der Waals surface area (Å²) in [7, 11) is 5.44. The molecule has 2 fully saturated rings. The van der Waals surface area contributed by atoms with Gasteiger partial charge in [0.2, 0.25) is 5.91 Å². The number of hydrogen-bond donors (Lipinski definition) is 5. The number of rotatable bonds is 11. The van der Waals surface area contributed by atoms with Crippen LogP contribution in [0.1, 0.15) is 62.5 Å². The molecule has 6 unspecified atom stereocenters. The second kappa shape index (κ2) is 14.0. The molecule has 248 valence electrons. The minimum atomic E-state index is -0.905. The van der Waals surface area contributed by atoms with E-state index in [1.54, 1.807) is 19.1 Å². The van der Waals surface area contributed by atoms with E-state index in [4.69, 9.17) is 15.2 Å². The third kappa shape index (κ3) is 6.50. The zero-order valence-corrected chi connectivity index (χ0v) is 26.7. The van der Waals surface area contributed by atoms with Crippen LogP contribution >= 0.6 is 0 Å². The van der Waals surface area contributed by atoms with Crippen LogP contribution in [0.2, 0.25) is 0 Å². The van der Waals surface area contributed by atoms with Gasteiger partial charge in [-0.05, 0) is 95.8 Å². The molecule has 12 nitrogen and oxygen atoms in total. The van der Waals surface area contributed by atoms with Crippen molar-refractivity contribution in [3.8, 4) is 11.5 Å². The molecule has 12 heteroatoms. The minimum Gasteiger partial charge on any atom is -0.504 e. The summed E-state index contributed by atoms with van der Waals surface area (Å²) in [6, 6.07) is 3.25. The molecule has 4 aliphatic rings. The number of nitrogens with one attached hydrogen (secondary N) is 2. The van der Waals surface area contributed by atoms with Crippen LogP contribution < -0.4 is 21.1 Å². The predicted octanol–water partition coefficient (Wildman–Crippen LogP) is 2.33. The first-order chi connectivity index (χ1) is 21.6. The predicted molar refractivity (Wildman–Crippen MR) is 168 cm³/mol. The Morgan fingerprint density at radius 3 is 2.73 bits per heavy atom. The largest absolute Gasteiger partial charge is 0.504 e. The molecule has 2 bridgehead atoms. The van der Waals surface area contributed by atoms with Gasteiger partial charge in [-0.15, -0.1) is 0 Å².